The van der Waals surface area contributed by atoms with Gasteiger partial charge < -0.3 is 54.0 Å². The zero-order valence-electron chi connectivity index (χ0n) is 40.5. The number of nitrogens with one attached hydrogen (secondary N) is 2. The molecule has 1 aromatic heterocycles. The molecule has 0 spiro atoms. The number of carbonyl (C=O) groups excluding carboxylic acids is 5. The average molecular weight is 926 g/mol. The van der Waals surface area contributed by atoms with Crippen molar-refractivity contribution in [2.24, 2.45) is 23.7 Å². The summed E-state index contributed by atoms with van der Waals surface area (Å²) >= 11 is 0. The van der Waals surface area contributed by atoms with Gasteiger partial charge >= 0.3 is 24.2 Å². The molecule has 4 heterocycles. The molecule has 366 valence electrons. The molecule has 0 bridgehead atoms. The first-order valence-electron chi connectivity index (χ1n) is 23.1. The largest absolute Gasteiger partial charge is 0.458 e. The molecule has 3 N–H and O–H groups in total. The van der Waals surface area contributed by atoms with Crippen LogP contribution in [0, 0.1) is 23.7 Å². The van der Waals surface area contributed by atoms with E-state index in [4.69, 9.17) is 28.4 Å². The molecule has 2 aromatic rings. The van der Waals surface area contributed by atoms with Gasteiger partial charge in [-0.1, -0.05) is 52.0 Å². The number of ether oxygens (including phenoxy) is 6. The predicted octanol–water partition coefficient (Wildman–Crippen LogP) is 5.13. The van der Waals surface area contributed by atoms with Crippen LogP contribution in [-0.4, -0.2) is 154 Å². The van der Waals surface area contributed by atoms with Crippen LogP contribution in [-0.2, 0) is 38.0 Å². The monoisotopic (exact) mass is 926 g/mol. The molecule has 19 heteroatoms. The Morgan fingerprint density at radius 3 is 2.32 bits per heavy atom. The molecule has 3 amide bonds. The third-order valence-electron chi connectivity index (χ3n) is 13.5. The number of hydrogen-bond donors (Lipinski definition) is 3. The van der Waals surface area contributed by atoms with E-state index in [0.29, 0.717) is 19.5 Å². The van der Waals surface area contributed by atoms with E-state index in [2.05, 4.69) is 20.7 Å². The van der Waals surface area contributed by atoms with E-state index in [1.807, 2.05) is 56.3 Å². The molecule has 5 rings (SSSR count). The van der Waals surface area contributed by atoms with Crippen LogP contribution in [0.3, 0.4) is 0 Å². The molecule has 19 nitrogen and oxygen atoms in total. The molecular weight excluding hydrogens is 855 g/mol. The van der Waals surface area contributed by atoms with Crippen LogP contribution in [0.2, 0.25) is 0 Å². The Morgan fingerprint density at radius 2 is 1.71 bits per heavy atom. The van der Waals surface area contributed by atoms with E-state index >= 15 is 0 Å². The van der Waals surface area contributed by atoms with Gasteiger partial charge in [-0.2, -0.15) is 5.10 Å². The Balaban J connectivity index is 1.59. The molecular formula is C47H71N7O12. The molecule has 3 aliphatic heterocycles. The van der Waals surface area contributed by atoms with Crippen molar-refractivity contribution in [3.63, 3.8) is 0 Å². The number of likely N-dealkylation sites (N-methyl/N-ethyl adjacent to an activating group) is 1. The van der Waals surface area contributed by atoms with Gasteiger partial charge in [0.15, 0.2) is 11.9 Å². The number of carbonyl (C=O) groups is 5. The van der Waals surface area contributed by atoms with Crippen molar-refractivity contribution >= 4 is 36.1 Å². The Bertz CT molecular complexity index is 2000. The van der Waals surface area contributed by atoms with Crippen molar-refractivity contribution < 1.29 is 57.5 Å². The summed E-state index contributed by atoms with van der Waals surface area (Å²) in [5.41, 5.74) is -1.54. The number of fused-ring (bicyclic) bond motifs is 1. The number of aromatic nitrogens is 3. The van der Waals surface area contributed by atoms with Crippen molar-refractivity contribution in [1.82, 2.24) is 35.2 Å². The number of cyclic esters (lactones) is 1. The van der Waals surface area contributed by atoms with Crippen molar-refractivity contribution in [2.75, 3.05) is 33.7 Å². The maximum Gasteiger partial charge on any atom is 0.410 e. The lowest BCUT2D eigenvalue weighted by atomic mass is 9.73. The number of alkyl carbamates (subject to hydrolysis) is 2. The minimum atomic E-state index is -1.76. The fourth-order valence-corrected chi connectivity index (χ4v) is 9.77. The van der Waals surface area contributed by atoms with Crippen LogP contribution in [0.25, 0.3) is 11.8 Å². The molecule has 0 radical (unpaired) electrons. The van der Waals surface area contributed by atoms with Gasteiger partial charge in [-0.25, -0.2) is 24.0 Å². The lowest BCUT2D eigenvalue weighted by Gasteiger charge is -2.48. The SMILES string of the molecule is CC[C@H]1OC(=O)[C@H](C)[C@@H](OC(=O)N(CC)CC)[C@H](C)[C@@H](O[C@@H]2O[C@H](C)C[C@H](N(C)C)[C@H]2O)[C@](C)(OC(=O)NC/C=C/c2ccc(-n3cncn3)cc2)C[C@@H](C)C(=O)[C@H](C)[C@H]2NC(=O)O[C@@]21C. The molecule has 0 aliphatic carbocycles. The summed E-state index contributed by atoms with van der Waals surface area (Å²) in [6, 6.07) is 6.23. The fraction of sp³-hybridized carbons (Fsp3) is 0.681. The van der Waals surface area contributed by atoms with Crippen molar-refractivity contribution in [3.8, 4) is 5.69 Å². The van der Waals surface area contributed by atoms with Gasteiger partial charge in [0, 0.05) is 43.4 Å². The molecule has 0 saturated carbocycles. The van der Waals surface area contributed by atoms with E-state index in [1.165, 1.54) is 11.2 Å². The highest BCUT2D eigenvalue weighted by Gasteiger charge is 2.58. The summed E-state index contributed by atoms with van der Waals surface area (Å²) in [5.74, 6) is -4.99. The van der Waals surface area contributed by atoms with Crippen molar-refractivity contribution in [2.45, 2.75) is 149 Å². The summed E-state index contributed by atoms with van der Waals surface area (Å²) in [6.07, 6.45) is -1.65. The quantitative estimate of drug-likeness (QED) is 0.186. The minimum Gasteiger partial charge on any atom is -0.458 e. The maximum atomic E-state index is 14.7. The summed E-state index contributed by atoms with van der Waals surface area (Å²) in [6.45, 7) is 17.8. The summed E-state index contributed by atoms with van der Waals surface area (Å²) in [5, 5.41) is 21.6. The first kappa shape index (κ1) is 51.9. The molecule has 3 fully saturated rings. The third kappa shape index (κ3) is 11.7. The van der Waals surface area contributed by atoms with Crippen molar-refractivity contribution in [1.29, 1.82) is 0 Å². The summed E-state index contributed by atoms with van der Waals surface area (Å²) in [4.78, 5) is 77.5. The van der Waals surface area contributed by atoms with Crippen LogP contribution < -0.4 is 10.6 Å². The molecule has 66 heavy (non-hydrogen) atoms. The molecule has 1 aromatic carbocycles. The minimum absolute atomic E-state index is 0.0460. The van der Waals surface area contributed by atoms with Crippen LogP contribution in [0.5, 0.6) is 0 Å². The molecule has 14 atom stereocenters. The van der Waals surface area contributed by atoms with E-state index in [9.17, 15) is 29.1 Å². The van der Waals surface area contributed by atoms with Crippen LogP contribution in [0.4, 0.5) is 14.4 Å². The average Bonchev–Trinajstić information content (AvgIpc) is 3.93. The van der Waals surface area contributed by atoms with Gasteiger partial charge in [0.1, 0.15) is 48.5 Å². The predicted molar refractivity (Wildman–Crippen MR) is 242 cm³/mol. The highest BCUT2D eigenvalue weighted by Crippen LogP contribution is 2.42. The summed E-state index contributed by atoms with van der Waals surface area (Å²) < 4.78 is 39.6. The van der Waals surface area contributed by atoms with E-state index in [1.54, 1.807) is 79.4 Å². The first-order chi connectivity index (χ1) is 31.2. The molecule has 3 saturated heterocycles. The highest BCUT2D eigenvalue weighted by molar-refractivity contribution is 5.85. The first-order valence-corrected chi connectivity index (χ1v) is 23.1. The van der Waals surface area contributed by atoms with Gasteiger partial charge in [0.05, 0.1) is 23.8 Å². The lowest BCUT2D eigenvalue weighted by molar-refractivity contribution is -0.298. The van der Waals surface area contributed by atoms with Gasteiger partial charge in [0.2, 0.25) is 0 Å². The number of benzene rings is 1. The Kier molecular flexibility index (Phi) is 17.4. The number of ketones is 1. The zero-order valence-corrected chi connectivity index (χ0v) is 40.5. The number of amides is 3. The number of rotatable bonds is 12. The van der Waals surface area contributed by atoms with Gasteiger partial charge in [0.25, 0.3) is 0 Å². The molecule has 0 unspecified atom stereocenters. The Hall–Kier alpha value is -5.11. The second kappa shape index (κ2) is 22.1. The third-order valence-corrected chi connectivity index (χ3v) is 13.5. The second-order valence-electron chi connectivity index (χ2n) is 18.5. The van der Waals surface area contributed by atoms with E-state index in [0.717, 1.165) is 11.3 Å². The second-order valence-corrected chi connectivity index (χ2v) is 18.5. The zero-order chi connectivity index (χ0) is 48.7. The number of aliphatic hydroxyl groups excluding tert-OH is 1. The van der Waals surface area contributed by atoms with E-state index in [-0.39, 0.29) is 31.3 Å². The maximum absolute atomic E-state index is 14.7. The number of hydrogen-bond acceptors (Lipinski definition) is 15. The number of aliphatic hydroxyl groups is 1. The summed E-state index contributed by atoms with van der Waals surface area (Å²) in [7, 11) is 3.67. The van der Waals surface area contributed by atoms with Crippen LogP contribution >= 0.6 is 0 Å². The Labute approximate surface area is 388 Å². The van der Waals surface area contributed by atoms with Gasteiger partial charge in [-0.3, -0.25) is 9.59 Å². The standard InChI is InChI=1S/C47H71N7O12/c1-13-35-47(10)39(51-44(59)66-47)29(6)36(55)27(4)24-46(9,65-43(58)49-22-16-17-32-18-20-33(21-19-32)54-26-48-25-50-54)40(64-42-37(56)34(52(11)12)23-28(5)61-42)30(7)38(31(8)41(57)62-35)63-45(60)53(14-2)15-3/h16-21,25-31,34-35,37-40,42,56H,13-15,22-24H2,1-12H3,(H,49,58)(H,51,59)/b17-16+/t27-,28-,29+,30+,31-,34+,35-,37-,38+,39-,40-,42+,46-,47-/m1/s1. The van der Waals surface area contributed by atoms with E-state index < -0.39 is 102 Å². The topological polar surface area (TPSA) is 222 Å². The van der Waals surface area contributed by atoms with Crippen molar-refractivity contribution in [3.05, 3.63) is 48.6 Å². The number of esters is 1. The lowest BCUT2D eigenvalue weighted by Crippen LogP contribution is -2.61. The fourth-order valence-electron chi connectivity index (χ4n) is 9.77. The Morgan fingerprint density at radius 1 is 1.03 bits per heavy atom. The normalized spacial score (nSPS) is 34.4. The smallest absolute Gasteiger partial charge is 0.410 e. The van der Waals surface area contributed by atoms with Gasteiger partial charge in [-0.05, 0) is 92.6 Å². The van der Waals surface area contributed by atoms with Crippen LogP contribution in [0.1, 0.15) is 94.1 Å². The van der Waals surface area contributed by atoms with Gasteiger partial charge in [-0.15, -0.1) is 0 Å². The number of nitrogens with zero attached hydrogens (tertiary/aromatic N) is 5. The van der Waals surface area contributed by atoms with Crippen LogP contribution in [0.15, 0.2) is 43.0 Å². The molecule has 3 aliphatic rings. The highest BCUT2D eigenvalue weighted by atomic mass is 16.7. The number of Topliss-reactive ketones (excluding diaryl/α,β-unsaturated/α-hetero) is 1.